The van der Waals surface area contributed by atoms with Crippen molar-refractivity contribution in [2.75, 3.05) is 0 Å². The first-order chi connectivity index (χ1) is 9.19. The number of aromatic nitrogens is 1. The van der Waals surface area contributed by atoms with Crippen molar-refractivity contribution in [2.45, 2.75) is 6.42 Å². The molecule has 0 saturated carbocycles. The zero-order valence-corrected chi connectivity index (χ0v) is 10.6. The summed E-state index contributed by atoms with van der Waals surface area (Å²) in [6.07, 6.45) is -0.0989. The molecule has 0 radical (unpaired) electrons. The summed E-state index contributed by atoms with van der Waals surface area (Å²) in [6, 6.07) is 13.7. The van der Waals surface area contributed by atoms with Crippen LogP contribution in [0.3, 0.4) is 0 Å². The van der Waals surface area contributed by atoms with Crippen molar-refractivity contribution in [1.82, 2.24) is 4.98 Å². The van der Waals surface area contributed by atoms with Gasteiger partial charge in [-0.1, -0.05) is 29.8 Å². The fourth-order valence-electron chi connectivity index (χ4n) is 1.50. The van der Waals surface area contributed by atoms with E-state index in [-0.39, 0.29) is 11.6 Å². The standard InChI is InChI=1S/C14H9ClN2O2/c15-13-7-6-10(9-16)12(17-13)8-14(18)19-11-4-2-1-3-5-11/h1-7H,8H2. The van der Waals surface area contributed by atoms with Crippen molar-refractivity contribution < 1.29 is 9.53 Å². The fraction of sp³-hybridized carbons (Fsp3) is 0.0714. The smallest absolute Gasteiger partial charge is 0.317 e. The van der Waals surface area contributed by atoms with E-state index in [4.69, 9.17) is 21.6 Å². The Balaban J connectivity index is 2.11. The van der Waals surface area contributed by atoms with E-state index in [1.165, 1.54) is 12.1 Å². The first-order valence-corrected chi connectivity index (χ1v) is 5.88. The number of nitriles is 1. The molecule has 1 aromatic carbocycles. The van der Waals surface area contributed by atoms with E-state index >= 15 is 0 Å². The number of benzene rings is 1. The number of halogens is 1. The molecule has 5 heteroatoms. The van der Waals surface area contributed by atoms with Crippen LogP contribution in [0, 0.1) is 11.3 Å². The van der Waals surface area contributed by atoms with Crippen LogP contribution < -0.4 is 4.74 Å². The van der Waals surface area contributed by atoms with Gasteiger partial charge in [-0.3, -0.25) is 4.79 Å². The lowest BCUT2D eigenvalue weighted by Gasteiger charge is -2.05. The molecule has 94 valence electrons. The molecule has 0 saturated heterocycles. The van der Waals surface area contributed by atoms with Gasteiger partial charge in [0.25, 0.3) is 0 Å². The van der Waals surface area contributed by atoms with Gasteiger partial charge in [-0.25, -0.2) is 4.98 Å². The lowest BCUT2D eigenvalue weighted by molar-refractivity contribution is -0.133. The molecule has 2 rings (SSSR count). The van der Waals surface area contributed by atoms with Crippen molar-refractivity contribution in [3.8, 4) is 11.8 Å². The highest BCUT2D eigenvalue weighted by Gasteiger charge is 2.12. The lowest BCUT2D eigenvalue weighted by Crippen LogP contribution is -2.13. The van der Waals surface area contributed by atoms with E-state index in [2.05, 4.69) is 4.98 Å². The van der Waals surface area contributed by atoms with Gasteiger partial charge in [-0.05, 0) is 24.3 Å². The number of esters is 1. The van der Waals surface area contributed by atoms with Crippen molar-refractivity contribution in [2.24, 2.45) is 0 Å². The third kappa shape index (κ3) is 3.54. The van der Waals surface area contributed by atoms with Gasteiger partial charge in [0.1, 0.15) is 17.0 Å². The minimum atomic E-state index is -0.488. The third-order valence-electron chi connectivity index (χ3n) is 2.35. The van der Waals surface area contributed by atoms with Crippen molar-refractivity contribution in [3.05, 3.63) is 58.9 Å². The molecule has 1 aromatic heterocycles. The van der Waals surface area contributed by atoms with Crippen LogP contribution in [0.25, 0.3) is 0 Å². The second kappa shape index (κ2) is 5.98. The Bertz CT molecular complexity index is 636. The van der Waals surface area contributed by atoms with Crippen LogP contribution in [-0.4, -0.2) is 11.0 Å². The van der Waals surface area contributed by atoms with E-state index < -0.39 is 5.97 Å². The van der Waals surface area contributed by atoms with E-state index in [9.17, 15) is 4.79 Å². The first kappa shape index (κ1) is 13.1. The predicted molar refractivity (Wildman–Crippen MR) is 69.7 cm³/mol. The lowest BCUT2D eigenvalue weighted by atomic mass is 10.1. The van der Waals surface area contributed by atoms with Gasteiger partial charge in [0, 0.05) is 0 Å². The molecular weight excluding hydrogens is 264 g/mol. The summed E-state index contributed by atoms with van der Waals surface area (Å²) in [5, 5.41) is 9.16. The molecule has 19 heavy (non-hydrogen) atoms. The maximum atomic E-state index is 11.7. The average molecular weight is 273 g/mol. The number of hydrogen-bond acceptors (Lipinski definition) is 4. The van der Waals surface area contributed by atoms with Crippen LogP contribution >= 0.6 is 11.6 Å². The van der Waals surface area contributed by atoms with Crippen molar-refractivity contribution in [3.63, 3.8) is 0 Å². The summed E-state index contributed by atoms with van der Waals surface area (Å²) in [7, 11) is 0. The minimum Gasteiger partial charge on any atom is -0.426 e. The van der Waals surface area contributed by atoms with Gasteiger partial charge in [-0.15, -0.1) is 0 Å². The van der Waals surface area contributed by atoms with Gasteiger partial charge in [0.05, 0.1) is 17.7 Å². The first-order valence-electron chi connectivity index (χ1n) is 5.50. The summed E-state index contributed by atoms with van der Waals surface area (Å²) < 4.78 is 5.13. The van der Waals surface area contributed by atoms with Gasteiger partial charge in [0.15, 0.2) is 0 Å². The van der Waals surface area contributed by atoms with Crippen LogP contribution in [0.5, 0.6) is 5.75 Å². The highest BCUT2D eigenvalue weighted by molar-refractivity contribution is 6.29. The maximum absolute atomic E-state index is 11.7. The summed E-state index contributed by atoms with van der Waals surface area (Å²) >= 11 is 5.74. The van der Waals surface area contributed by atoms with Crippen molar-refractivity contribution in [1.29, 1.82) is 5.26 Å². The number of para-hydroxylation sites is 1. The molecular formula is C14H9ClN2O2. The van der Waals surface area contributed by atoms with Crippen molar-refractivity contribution >= 4 is 17.6 Å². The van der Waals surface area contributed by atoms with Crippen LogP contribution in [0.1, 0.15) is 11.3 Å². The minimum absolute atomic E-state index is 0.0989. The van der Waals surface area contributed by atoms with Crippen LogP contribution in [0.4, 0.5) is 0 Å². The second-order valence-corrected chi connectivity index (χ2v) is 4.09. The Morgan fingerprint density at radius 3 is 2.68 bits per heavy atom. The topological polar surface area (TPSA) is 63.0 Å². The average Bonchev–Trinajstić information content (AvgIpc) is 2.40. The summed E-state index contributed by atoms with van der Waals surface area (Å²) in [4.78, 5) is 15.7. The molecule has 0 fully saturated rings. The van der Waals surface area contributed by atoms with Crippen LogP contribution in [0.15, 0.2) is 42.5 Å². The Morgan fingerprint density at radius 2 is 2.00 bits per heavy atom. The summed E-state index contributed by atoms with van der Waals surface area (Å²) in [5.74, 6) is -0.0366. The molecule has 0 aliphatic heterocycles. The quantitative estimate of drug-likeness (QED) is 0.490. The Labute approximate surface area is 115 Å². The molecule has 0 N–H and O–H groups in total. The molecule has 1 heterocycles. The maximum Gasteiger partial charge on any atom is 0.317 e. The second-order valence-electron chi connectivity index (χ2n) is 3.70. The SMILES string of the molecule is N#Cc1ccc(Cl)nc1CC(=O)Oc1ccccc1. The number of carbonyl (C=O) groups is 1. The van der Waals surface area contributed by atoms with Crippen LogP contribution in [0.2, 0.25) is 5.15 Å². The number of carbonyl (C=O) groups excluding carboxylic acids is 1. The molecule has 0 aliphatic rings. The zero-order chi connectivity index (χ0) is 13.7. The molecule has 0 amide bonds. The third-order valence-corrected chi connectivity index (χ3v) is 2.56. The number of pyridine rings is 1. The Kier molecular flexibility index (Phi) is 4.11. The molecule has 0 atom stereocenters. The van der Waals surface area contributed by atoms with E-state index in [1.807, 2.05) is 12.1 Å². The predicted octanol–water partition coefficient (Wildman–Crippen LogP) is 2.75. The molecule has 0 spiro atoms. The molecule has 4 nitrogen and oxygen atoms in total. The number of ether oxygens (including phenoxy) is 1. The Hall–Kier alpha value is -2.38. The molecule has 0 aliphatic carbocycles. The zero-order valence-electron chi connectivity index (χ0n) is 9.84. The monoisotopic (exact) mass is 272 g/mol. The number of rotatable bonds is 3. The van der Waals surface area contributed by atoms with Gasteiger partial charge >= 0.3 is 5.97 Å². The number of hydrogen-bond donors (Lipinski definition) is 0. The van der Waals surface area contributed by atoms with Gasteiger partial charge < -0.3 is 4.74 Å². The molecule has 0 unspecified atom stereocenters. The Morgan fingerprint density at radius 1 is 1.26 bits per heavy atom. The highest BCUT2D eigenvalue weighted by atomic mass is 35.5. The number of nitrogens with zero attached hydrogens (tertiary/aromatic N) is 2. The normalized spacial score (nSPS) is 9.68. The van der Waals surface area contributed by atoms with Gasteiger partial charge in [-0.2, -0.15) is 5.26 Å². The highest BCUT2D eigenvalue weighted by Crippen LogP contribution is 2.14. The van der Waals surface area contributed by atoms with E-state index in [0.717, 1.165) is 0 Å². The molecule has 0 bridgehead atoms. The van der Waals surface area contributed by atoms with Gasteiger partial charge in [0.2, 0.25) is 0 Å². The van der Waals surface area contributed by atoms with E-state index in [1.54, 1.807) is 24.3 Å². The largest absolute Gasteiger partial charge is 0.426 e. The summed E-state index contributed by atoms with van der Waals surface area (Å²) in [5.41, 5.74) is 0.630. The summed E-state index contributed by atoms with van der Waals surface area (Å²) in [6.45, 7) is 0. The molecule has 2 aromatic rings. The van der Waals surface area contributed by atoms with E-state index in [0.29, 0.717) is 17.0 Å². The fourth-order valence-corrected chi connectivity index (χ4v) is 1.67. The van der Waals surface area contributed by atoms with Crippen LogP contribution in [-0.2, 0) is 11.2 Å².